The molecule has 5 heteroatoms. The zero-order chi connectivity index (χ0) is 11.3. The summed E-state index contributed by atoms with van der Waals surface area (Å²) in [7, 11) is 1.60. The molecule has 1 aromatic heterocycles. The minimum Gasteiger partial charge on any atom is -0.383 e. The Morgan fingerprint density at radius 2 is 2.20 bits per heavy atom. The van der Waals surface area contributed by atoms with Crippen LogP contribution in [0.3, 0.4) is 0 Å². The minimum atomic E-state index is -0.299. The van der Waals surface area contributed by atoms with Crippen molar-refractivity contribution in [3.63, 3.8) is 0 Å². The van der Waals surface area contributed by atoms with E-state index < -0.39 is 0 Å². The maximum Gasteiger partial charge on any atom is 0.226 e. The summed E-state index contributed by atoms with van der Waals surface area (Å²) < 4.78 is 10.0. The summed E-state index contributed by atoms with van der Waals surface area (Å²) in [6.07, 6.45) is 1.85. The monoisotopic (exact) mass is 213 g/mol. The van der Waals surface area contributed by atoms with Crippen LogP contribution >= 0.6 is 0 Å². The number of methoxy groups -OCH3 is 1. The number of hydrogen-bond acceptors (Lipinski definition) is 5. The van der Waals surface area contributed by atoms with Crippen molar-refractivity contribution in [1.82, 2.24) is 10.1 Å². The number of ether oxygens (including phenoxy) is 1. The average Bonchev–Trinajstić information content (AvgIpc) is 2.63. The quantitative estimate of drug-likeness (QED) is 0.771. The first-order chi connectivity index (χ1) is 7.13. The molecule has 0 aliphatic carbocycles. The molecule has 5 nitrogen and oxygen atoms in total. The second-order valence-electron chi connectivity index (χ2n) is 4.04. The lowest BCUT2D eigenvalue weighted by atomic mass is 10.1. The van der Waals surface area contributed by atoms with E-state index in [0.29, 0.717) is 24.2 Å². The largest absolute Gasteiger partial charge is 0.383 e. The molecule has 86 valence electrons. The topological polar surface area (TPSA) is 74.2 Å². The number of hydrogen-bond donors (Lipinski definition) is 1. The molecule has 1 aromatic rings. The van der Waals surface area contributed by atoms with Crippen molar-refractivity contribution < 1.29 is 9.26 Å². The molecular formula is C10H19N3O2. The highest BCUT2D eigenvalue weighted by Crippen LogP contribution is 2.10. The molecule has 2 N–H and O–H groups in total. The van der Waals surface area contributed by atoms with Gasteiger partial charge in [-0.3, -0.25) is 0 Å². The third-order valence-corrected chi connectivity index (χ3v) is 2.10. The maximum atomic E-state index is 5.76. The minimum absolute atomic E-state index is 0.299. The highest BCUT2D eigenvalue weighted by atomic mass is 16.5. The van der Waals surface area contributed by atoms with E-state index in [2.05, 4.69) is 24.0 Å². The first kappa shape index (κ1) is 12.1. The van der Waals surface area contributed by atoms with Crippen molar-refractivity contribution in [1.29, 1.82) is 0 Å². The van der Waals surface area contributed by atoms with Crippen LogP contribution in [-0.4, -0.2) is 23.9 Å². The van der Waals surface area contributed by atoms with Gasteiger partial charge in [0.05, 0.1) is 12.6 Å². The van der Waals surface area contributed by atoms with Gasteiger partial charge in [-0.2, -0.15) is 4.98 Å². The van der Waals surface area contributed by atoms with E-state index in [4.69, 9.17) is 15.0 Å². The number of aromatic nitrogens is 2. The van der Waals surface area contributed by atoms with Crippen molar-refractivity contribution in [3.05, 3.63) is 11.7 Å². The number of rotatable bonds is 6. The van der Waals surface area contributed by atoms with E-state index in [0.717, 1.165) is 12.8 Å². The first-order valence-corrected chi connectivity index (χ1v) is 5.20. The van der Waals surface area contributed by atoms with Crippen LogP contribution in [0.5, 0.6) is 0 Å². The summed E-state index contributed by atoms with van der Waals surface area (Å²) in [6.45, 7) is 4.73. The average molecular weight is 213 g/mol. The predicted octanol–water partition coefficient (Wildman–Crippen LogP) is 1.30. The van der Waals surface area contributed by atoms with Gasteiger partial charge < -0.3 is 15.0 Å². The van der Waals surface area contributed by atoms with E-state index in [1.54, 1.807) is 7.11 Å². The summed E-state index contributed by atoms with van der Waals surface area (Å²) in [5.41, 5.74) is 5.76. The Bertz CT molecular complexity index is 286. The van der Waals surface area contributed by atoms with Gasteiger partial charge in [-0.05, 0) is 12.3 Å². The van der Waals surface area contributed by atoms with Crippen LogP contribution in [0.4, 0.5) is 0 Å². The van der Waals surface area contributed by atoms with E-state index in [9.17, 15) is 0 Å². The van der Waals surface area contributed by atoms with E-state index in [1.807, 2.05) is 0 Å². The fourth-order valence-electron chi connectivity index (χ4n) is 1.19. The molecule has 0 spiro atoms. The third-order valence-electron chi connectivity index (χ3n) is 2.10. The highest BCUT2D eigenvalue weighted by Gasteiger charge is 2.13. The fourth-order valence-corrected chi connectivity index (χ4v) is 1.19. The van der Waals surface area contributed by atoms with Crippen LogP contribution in [0.15, 0.2) is 4.52 Å². The molecule has 0 amide bonds. The molecule has 1 rings (SSSR count). The van der Waals surface area contributed by atoms with Gasteiger partial charge >= 0.3 is 0 Å². The third kappa shape index (κ3) is 3.97. The molecule has 0 radical (unpaired) electrons. The molecule has 0 aliphatic heterocycles. The van der Waals surface area contributed by atoms with Crippen LogP contribution < -0.4 is 5.73 Å². The van der Waals surface area contributed by atoms with Crippen LogP contribution in [0.2, 0.25) is 0 Å². The Kier molecular flexibility index (Phi) is 4.71. The molecule has 0 bridgehead atoms. The van der Waals surface area contributed by atoms with E-state index >= 15 is 0 Å². The van der Waals surface area contributed by atoms with Gasteiger partial charge in [0.25, 0.3) is 0 Å². The molecule has 0 saturated heterocycles. The molecule has 1 heterocycles. The molecular weight excluding hydrogens is 194 g/mol. The fraction of sp³-hybridized carbons (Fsp3) is 0.800. The van der Waals surface area contributed by atoms with Crippen molar-refractivity contribution in [2.75, 3.05) is 13.7 Å². The summed E-state index contributed by atoms with van der Waals surface area (Å²) >= 11 is 0. The SMILES string of the molecule is COCC(N)c1noc(CCC(C)C)n1. The van der Waals surface area contributed by atoms with Crippen LogP contribution in [0.25, 0.3) is 0 Å². The normalized spacial score (nSPS) is 13.4. The van der Waals surface area contributed by atoms with Gasteiger partial charge in [-0.25, -0.2) is 0 Å². The van der Waals surface area contributed by atoms with Gasteiger partial charge in [0.15, 0.2) is 5.82 Å². The second kappa shape index (κ2) is 5.82. The first-order valence-electron chi connectivity index (χ1n) is 5.20. The predicted molar refractivity (Wildman–Crippen MR) is 56.3 cm³/mol. The second-order valence-corrected chi connectivity index (χ2v) is 4.04. The smallest absolute Gasteiger partial charge is 0.226 e. The highest BCUT2D eigenvalue weighted by molar-refractivity contribution is 4.93. The standard InChI is InChI=1S/C10H19N3O2/c1-7(2)4-5-9-12-10(13-15-9)8(11)6-14-3/h7-8H,4-6,11H2,1-3H3. The maximum absolute atomic E-state index is 5.76. The Morgan fingerprint density at radius 1 is 1.47 bits per heavy atom. The molecule has 1 unspecified atom stereocenters. The lowest BCUT2D eigenvalue weighted by Crippen LogP contribution is -2.17. The number of nitrogens with two attached hydrogens (primary N) is 1. The van der Waals surface area contributed by atoms with Gasteiger partial charge in [-0.1, -0.05) is 19.0 Å². The Labute approximate surface area is 90.0 Å². The molecule has 0 aromatic carbocycles. The summed E-state index contributed by atoms with van der Waals surface area (Å²) in [5, 5.41) is 3.82. The van der Waals surface area contributed by atoms with Gasteiger partial charge in [-0.15, -0.1) is 0 Å². The lowest BCUT2D eigenvalue weighted by Gasteiger charge is -2.03. The molecule has 1 atom stereocenters. The Hall–Kier alpha value is -0.940. The molecule has 0 fully saturated rings. The van der Waals surface area contributed by atoms with Gasteiger partial charge in [0.2, 0.25) is 5.89 Å². The van der Waals surface area contributed by atoms with Crippen molar-refractivity contribution >= 4 is 0 Å². The van der Waals surface area contributed by atoms with E-state index in [-0.39, 0.29) is 6.04 Å². The Morgan fingerprint density at radius 3 is 2.80 bits per heavy atom. The summed E-state index contributed by atoms with van der Waals surface area (Å²) in [4.78, 5) is 4.22. The summed E-state index contributed by atoms with van der Waals surface area (Å²) in [5.74, 6) is 1.81. The molecule has 0 saturated carbocycles. The number of nitrogens with zero attached hydrogens (tertiary/aromatic N) is 2. The lowest BCUT2D eigenvalue weighted by molar-refractivity contribution is 0.177. The summed E-state index contributed by atoms with van der Waals surface area (Å²) in [6, 6.07) is -0.299. The van der Waals surface area contributed by atoms with Crippen molar-refractivity contribution in [2.45, 2.75) is 32.7 Å². The zero-order valence-electron chi connectivity index (χ0n) is 9.56. The van der Waals surface area contributed by atoms with E-state index in [1.165, 1.54) is 0 Å². The molecule has 0 aliphatic rings. The zero-order valence-corrected chi connectivity index (χ0v) is 9.56. The van der Waals surface area contributed by atoms with Crippen LogP contribution in [-0.2, 0) is 11.2 Å². The Balaban J connectivity index is 2.48. The van der Waals surface area contributed by atoms with Crippen molar-refractivity contribution in [3.8, 4) is 0 Å². The molecule has 15 heavy (non-hydrogen) atoms. The van der Waals surface area contributed by atoms with Crippen LogP contribution in [0.1, 0.15) is 38.0 Å². The van der Waals surface area contributed by atoms with Crippen LogP contribution in [0, 0.1) is 5.92 Å². The number of aryl methyl sites for hydroxylation is 1. The van der Waals surface area contributed by atoms with Gasteiger partial charge in [0, 0.05) is 13.5 Å². The van der Waals surface area contributed by atoms with Crippen molar-refractivity contribution in [2.24, 2.45) is 11.7 Å². The van der Waals surface area contributed by atoms with Gasteiger partial charge in [0.1, 0.15) is 0 Å².